The van der Waals surface area contributed by atoms with E-state index in [4.69, 9.17) is 9.47 Å². The Bertz CT molecular complexity index is 1110. The lowest BCUT2D eigenvalue weighted by molar-refractivity contribution is -0.113. The summed E-state index contributed by atoms with van der Waals surface area (Å²) in [6.45, 7) is 6.78. The second-order valence-electron chi connectivity index (χ2n) is 7.27. The van der Waals surface area contributed by atoms with Crippen LogP contribution < -0.4 is 10.2 Å². The molecular weight excluding hydrogens is 462 g/mol. The van der Waals surface area contributed by atoms with E-state index in [9.17, 15) is 9.59 Å². The van der Waals surface area contributed by atoms with Crippen LogP contribution in [0.3, 0.4) is 0 Å². The summed E-state index contributed by atoms with van der Waals surface area (Å²) in [7, 11) is 0. The number of hydrogen-bond donors (Lipinski definition) is 1. The van der Waals surface area contributed by atoms with Crippen molar-refractivity contribution in [3.8, 4) is 5.69 Å². The molecule has 1 N–H and O–H groups in total. The number of carbonyl (C=O) groups excluding carboxylic acids is 2. The molecule has 9 nitrogen and oxygen atoms in total. The Labute approximate surface area is 200 Å². The molecule has 11 heteroatoms. The number of rotatable bonds is 8. The van der Waals surface area contributed by atoms with E-state index in [1.54, 1.807) is 18.4 Å². The van der Waals surface area contributed by atoms with Crippen molar-refractivity contribution >= 4 is 45.9 Å². The molecule has 1 aliphatic rings. The van der Waals surface area contributed by atoms with Crippen molar-refractivity contribution in [2.24, 2.45) is 0 Å². The molecule has 174 valence electrons. The van der Waals surface area contributed by atoms with E-state index in [2.05, 4.69) is 20.4 Å². The van der Waals surface area contributed by atoms with Gasteiger partial charge in [0.25, 0.3) is 0 Å². The molecule has 0 spiro atoms. The topological polar surface area (TPSA) is 98.6 Å². The first-order valence-corrected chi connectivity index (χ1v) is 12.5. The Morgan fingerprint density at radius 3 is 2.67 bits per heavy atom. The van der Waals surface area contributed by atoms with Crippen molar-refractivity contribution in [2.75, 3.05) is 48.9 Å². The fraction of sp³-hybridized carbons (Fsp3) is 0.364. The zero-order valence-corrected chi connectivity index (χ0v) is 20.1. The molecule has 0 saturated carbocycles. The molecule has 1 aliphatic heterocycles. The standard InChI is InChI=1S/C22H25N5O4S2/c1-3-31-20(29)17-8-13-32-19(17)23-18(28)14-33-22-25-24-21(26-9-11-30-12-10-26)27(22)16-6-4-15(2)5-7-16/h4-8,13H,3,9-12,14H2,1-2H3,(H,23,28). The number of morpholine rings is 1. The molecule has 0 unspecified atom stereocenters. The zero-order chi connectivity index (χ0) is 23.2. The second kappa shape index (κ2) is 10.8. The molecule has 33 heavy (non-hydrogen) atoms. The Balaban J connectivity index is 1.50. The number of nitrogens with one attached hydrogen (secondary N) is 1. The highest BCUT2D eigenvalue weighted by molar-refractivity contribution is 7.99. The predicted molar refractivity (Wildman–Crippen MR) is 129 cm³/mol. The molecule has 1 amide bonds. The van der Waals surface area contributed by atoms with Gasteiger partial charge in [0.2, 0.25) is 11.9 Å². The Morgan fingerprint density at radius 1 is 1.18 bits per heavy atom. The van der Waals surface area contributed by atoms with Gasteiger partial charge < -0.3 is 19.7 Å². The van der Waals surface area contributed by atoms with Crippen LogP contribution in [0.1, 0.15) is 22.8 Å². The van der Waals surface area contributed by atoms with Gasteiger partial charge >= 0.3 is 5.97 Å². The third-order valence-electron chi connectivity index (χ3n) is 4.95. The van der Waals surface area contributed by atoms with Crippen LogP contribution >= 0.6 is 23.1 Å². The van der Waals surface area contributed by atoms with Crippen LogP contribution in [-0.2, 0) is 14.3 Å². The van der Waals surface area contributed by atoms with Gasteiger partial charge in [0.1, 0.15) is 5.00 Å². The Kier molecular flexibility index (Phi) is 7.63. The minimum absolute atomic E-state index is 0.118. The molecule has 2 aromatic heterocycles. The average Bonchev–Trinajstić information content (AvgIpc) is 3.46. The molecule has 0 bridgehead atoms. The van der Waals surface area contributed by atoms with Gasteiger partial charge in [0.05, 0.1) is 36.8 Å². The maximum absolute atomic E-state index is 12.7. The zero-order valence-electron chi connectivity index (χ0n) is 18.4. The van der Waals surface area contributed by atoms with Crippen LogP contribution in [-0.4, -0.2) is 65.3 Å². The van der Waals surface area contributed by atoms with Crippen LogP contribution in [0.25, 0.3) is 5.69 Å². The fourth-order valence-electron chi connectivity index (χ4n) is 3.31. The number of nitrogens with zero attached hydrogens (tertiary/aromatic N) is 4. The Morgan fingerprint density at radius 2 is 1.94 bits per heavy atom. The number of aryl methyl sites for hydroxylation is 1. The van der Waals surface area contributed by atoms with Crippen molar-refractivity contribution in [1.82, 2.24) is 14.8 Å². The van der Waals surface area contributed by atoms with Gasteiger partial charge in [0, 0.05) is 13.1 Å². The van der Waals surface area contributed by atoms with E-state index in [-0.39, 0.29) is 18.3 Å². The number of aromatic nitrogens is 3. The van der Waals surface area contributed by atoms with Gasteiger partial charge in [0.15, 0.2) is 5.16 Å². The Hall–Kier alpha value is -2.89. The molecule has 1 fully saturated rings. The third-order valence-corrected chi connectivity index (χ3v) is 6.71. The second-order valence-corrected chi connectivity index (χ2v) is 9.13. The molecule has 4 rings (SSSR count). The van der Waals surface area contributed by atoms with Crippen molar-refractivity contribution in [1.29, 1.82) is 0 Å². The summed E-state index contributed by atoms with van der Waals surface area (Å²) in [6.07, 6.45) is 0. The van der Waals surface area contributed by atoms with Crippen molar-refractivity contribution in [3.63, 3.8) is 0 Å². The molecule has 3 aromatic rings. The third kappa shape index (κ3) is 5.55. The van der Waals surface area contributed by atoms with Crippen LogP contribution in [0.5, 0.6) is 0 Å². The predicted octanol–water partition coefficient (Wildman–Crippen LogP) is 3.38. The molecule has 1 aromatic carbocycles. The molecular formula is C22H25N5O4S2. The maximum atomic E-state index is 12.7. The number of thiophene rings is 1. The van der Waals surface area contributed by atoms with Gasteiger partial charge in [-0.3, -0.25) is 9.36 Å². The number of esters is 1. The number of thioether (sulfide) groups is 1. The van der Waals surface area contributed by atoms with E-state index in [1.807, 2.05) is 35.8 Å². The minimum Gasteiger partial charge on any atom is -0.462 e. The van der Waals surface area contributed by atoms with Gasteiger partial charge in [-0.05, 0) is 37.4 Å². The highest BCUT2D eigenvalue weighted by atomic mass is 32.2. The van der Waals surface area contributed by atoms with E-state index in [0.717, 1.165) is 30.3 Å². The number of carbonyl (C=O) groups is 2. The van der Waals surface area contributed by atoms with Crippen molar-refractivity contribution < 1.29 is 19.1 Å². The normalized spacial score (nSPS) is 13.7. The lowest BCUT2D eigenvalue weighted by atomic mass is 10.2. The smallest absolute Gasteiger partial charge is 0.341 e. The SMILES string of the molecule is CCOC(=O)c1ccsc1NC(=O)CSc1nnc(N2CCOCC2)n1-c1ccc(C)cc1. The summed E-state index contributed by atoms with van der Waals surface area (Å²) in [5.41, 5.74) is 2.44. The first-order valence-electron chi connectivity index (χ1n) is 10.6. The molecule has 3 heterocycles. The summed E-state index contributed by atoms with van der Waals surface area (Å²) >= 11 is 2.58. The van der Waals surface area contributed by atoms with E-state index in [1.165, 1.54) is 23.1 Å². The monoisotopic (exact) mass is 487 g/mol. The van der Waals surface area contributed by atoms with E-state index >= 15 is 0 Å². The van der Waals surface area contributed by atoms with Gasteiger partial charge in [-0.1, -0.05) is 29.5 Å². The highest BCUT2D eigenvalue weighted by Crippen LogP contribution is 2.28. The maximum Gasteiger partial charge on any atom is 0.341 e. The van der Waals surface area contributed by atoms with Crippen LogP contribution in [0.2, 0.25) is 0 Å². The van der Waals surface area contributed by atoms with E-state index < -0.39 is 5.97 Å². The molecule has 0 aliphatic carbocycles. The van der Waals surface area contributed by atoms with Gasteiger partial charge in [-0.2, -0.15) is 0 Å². The lowest BCUT2D eigenvalue weighted by Gasteiger charge is -2.27. The largest absolute Gasteiger partial charge is 0.462 e. The first-order chi connectivity index (χ1) is 16.1. The van der Waals surface area contributed by atoms with Gasteiger partial charge in [-0.25, -0.2) is 4.79 Å². The summed E-state index contributed by atoms with van der Waals surface area (Å²) < 4.78 is 12.5. The molecule has 0 atom stereocenters. The minimum atomic E-state index is -0.448. The number of ether oxygens (including phenoxy) is 2. The first kappa shape index (κ1) is 23.3. The summed E-state index contributed by atoms with van der Waals surface area (Å²) in [5, 5.41) is 14.4. The number of anilines is 2. The summed E-state index contributed by atoms with van der Waals surface area (Å²) in [6, 6.07) is 9.75. The number of hydrogen-bond acceptors (Lipinski definition) is 9. The van der Waals surface area contributed by atoms with Crippen molar-refractivity contribution in [2.45, 2.75) is 19.0 Å². The summed E-state index contributed by atoms with van der Waals surface area (Å²) in [5.74, 6) is 0.163. The number of amides is 1. The molecule has 1 saturated heterocycles. The van der Waals surface area contributed by atoms with Crippen LogP contribution in [0.4, 0.5) is 10.9 Å². The lowest BCUT2D eigenvalue weighted by Crippen LogP contribution is -2.37. The molecule has 0 radical (unpaired) electrons. The number of benzene rings is 1. The summed E-state index contributed by atoms with van der Waals surface area (Å²) in [4.78, 5) is 26.9. The fourth-order valence-corrected chi connectivity index (χ4v) is 4.85. The quantitative estimate of drug-likeness (QED) is 0.381. The average molecular weight is 488 g/mol. The van der Waals surface area contributed by atoms with Crippen LogP contribution in [0, 0.1) is 6.92 Å². The van der Waals surface area contributed by atoms with Gasteiger partial charge in [-0.15, -0.1) is 21.5 Å². The van der Waals surface area contributed by atoms with E-state index in [0.29, 0.717) is 28.9 Å². The highest BCUT2D eigenvalue weighted by Gasteiger charge is 2.23. The van der Waals surface area contributed by atoms with Crippen LogP contribution in [0.15, 0.2) is 40.9 Å². The van der Waals surface area contributed by atoms with Crippen molar-refractivity contribution in [3.05, 3.63) is 46.8 Å².